The highest BCUT2D eigenvalue weighted by atomic mass is 16.5. The van der Waals surface area contributed by atoms with E-state index in [0.717, 1.165) is 6.54 Å². The number of amides is 1. The Morgan fingerprint density at radius 3 is 2.43 bits per heavy atom. The van der Waals surface area contributed by atoms with E-state index in [4.69, 9.17) is 4.74 Å². The molecule has 7 heteroatoms. The number of rotatable bonds is 7. The molecule has 1 atom stereocenters. The van der Waals surface area contributed by atoms with Crippen LogP contribution >= 0.6 is 0 Å². The molecule has 0 aliphatic carbocycles. The summed E-state index contributed by atoms with van der Waals surface area (Å²) in [4.78, 5) is 29.2. The van der Waals surface area contributed by atoms with Gasteiger partial charge in [0.1, 0.15) is 17.3 Å². The standard InChI is InChI=1S/C23H26N2O5/c1-24(2)12-5-13-25-20(16-6-4-7-17(26)14-16)19(22(28)23(25)29)21(27)15-8-10-18(30-3)11-9-15/h4,6-11,14,20,26-27H,5,12-13H2,1-3H3/b21-19+. The number of ketones is 1. The van der Waals surface area contributed by atoms with E-state index in [2.05, 4.69) is 0 Å². The largest absolute Gasteiger partial charge is 0.508 e. The summed E-state index contributed by atoms with van der Waals surface area (Å²) in [6.45, 7) is 1.09. The van der Waals surface area contributed by atoms with Crippen LogP contribution in [0, 0.1) is 0 Å². The van der Waals surface area contributed by atoms with Crippen molar-refractivity contribution in [3.63, 3.8) is 0 Å². The topological polar surface area (TPSA) is 90.3 Å². The fourth-order valence-electron chi connectivity index (χ4n) is 3.61. The highest BCUT2D eigenvalue weighted by molar-refractivity contribution is 6.46. The van der Waals surface area contributed by atoms with Crippen molar-refractivity contribution in [2.24, 2.45) is 0 Å². The molecule has 2 aromatic rings. The number of hydrogen-bond acceptors (Lipinski definition) is 6. The summed E-state index contributed by atoms with van der Waals surface area (Å²) in [6, 6.07) is 12.2. The van der Waals surface area contributed by atoms with Crippen molar-refractivity contribution >= 4 is 17.4 Å². The van der Waals surface area contributed by atoms with Crippen molar-refractivity contribution in [3.05, 3.63) is 65.2 Å². The molecule has 1 fully saturated rings. The predicted octanol–water partition coefficient (Wildman–Crippen LogP) is 2.77. The minimum absolute atomic E-state index is 0.0145. The molecule has 1 amide bonds. The third-order valence-electron chi connectivity index (χ3n) is 5.09. The van der Waals surface area contributed by atoms with Crippen LogP contribution in [0.4, 0.5) is 0 Å². The first-order valence-corrected chi connectivity index (χ1v) is 9.70. The first-order chi connectivity index (χ1) is 14.3. The van der Waals surface area contributed by atoms with Crippen molar-refractivity contribution < 1.29 is 24.5 Å². The van der Waals surface area contributed by atoms with Crippen molar-refractivity contribution in [1.82, 2.24) is 9.80 Å². The van der Waals surface area contributed by atoms with Crippen LogP contribution in [0.5, 0.6) is 11.5 Å². The van der Waals surface area contributed by atoms with Crippen LogP contribution in [0.15, 0.2) is 54.1 Å². The van der Waals surface area contributed by atoms with Crippen LogP contribution in [0.1, 0.15) is 23.6 Å². The zero-order chi connectivity index (χ0) is 21.8. The highest BCUT2D eigenvalue weighted by Crippen LogP contribution is 2.40. The first-order valence-electron chi connectivity index (χ1n) is 9.70. The van der Waals surface area contributed by atoms with Gasteiger partial charge in [0.2, 0.25) is 0 Å². The summed E-state index contributed by atoms with van der Waals surface area (Å²) < 4.78 is 5.14. The zero-order valence-electron chi connectivity index (χ0n) is 17.3. The number of hydrogen-bond donors (Lipinski definition) is 2. The van der Waals surface area contributed by atoms with Gasteiger partial charge in [-0.25, -0.2) is 0 Å². The van der Waals surface area contributed by atoms with Crippen LogP contribution in [0.25, 0.3) is 5.76 Å². The number of aromatic hydroxyl groups is 1. The van der Waals surface area contributed by atoms with Gasteiger partial charge in [-0.05, 0) is 69.0 Å². The number of phenols is 1. The smallest absolute Gasteiger partial charge is 0.295 e. The number of benzene rings is 2. The zero-order valence-corrected chi connectivity index (χ0v) is 17.3. The third kappa shape index (κ3) is 4.31. The van der Waals surface area contributed by atoms with E-state index in [-0.39, 0.29) is 17.1 Å². The second kappa shape index (κ2) is 9.00. The van der Waals surface area contributed by atoms with E-state index >= 15 is 0 Å². The summed E-state index contributed by atoms with van der Waals surface area (Å²) in [5, 5.41) is 20.9. The number of aliphatic hydroxyl groups excluding tert-OH is 1. The molecule has 1 saturated heterocycles. The average Bonchev–Trinajstić information content (AvgIpc) is 2.98. The summed E-state index contributed by atoms with van der Waals surface area (Å²) in [7, 11) is 5.41. The maximum Gasteiger partial charge on any atom is 0.295 e. The van der Waals surface area contributed by atoms with Crippen LogP contribution in [0.3, 0.4) is 0 Å². The number of carbonyl (C=O) groups excluding carboxylic acids is 2. The van der Waals surface area contributed by atoms with E-state index in [0.29, 0.717) is 29.8 Å². The highest BCUT2D eigenvalue weighted by Gasteiger charge is 2.45. The van der Waals surface area contributed by atoms with Gasteiger partial charge >= 0.3 is 0 Å². The van der Waals surface area contributed by atoms with Gasteiger partial charge in [0, 0.05) is 12.1 Å². The molecule has 3 rings (SSSR count). The van der Waals surface area contributed by atoms with Crippen LogP contribution in [0.2, 0.25) is 0 Å². The van der Waals surface area contributed by atoms with E-state index in [1.54, 1.807) is 36.4 Å². The maximum atomic E-state index is 12.9. The van der Waals surface area contributed by atoms with E-state index in [1.165, 1.54) is 24.1 Å². The summed E-state index contributed by atoms with van der Waals surface area (Å²) in [6.07, 6.45) is 0.665. The molecule has 1 aliphatic rings. The van der Waals surface area contributed by atoms with Gasteiger partial charge in [-0.3, -0.25) is 9.59 Å². The number of Topliss-reactive ketones (excluding diaryl/α,β-unsaturated/α-hetero) is 1. The molecule has 1 aliphatic heterocycles. The second-order valence-electron chi connectivity index (χ2n) is 7.47. The Hall–Kier alpha value is -3.32. The number of ether oxygens (including phenoxy) is 1. The number of methoxy groups -OCH3 is 1. The Balaban J connectivity index is 2.08. The molecule has 7 nitrogen and oxygen atoms in total. The Kier molecular flexibility index (Phi) is 6.42. The first kappa shape index (κ1) is 21.4. The quantitative estimate of drug-likeness (QED) is 0.414. The van der Waals surface area contributed by atoms with Crippen molar-refractivity contribution in [3.8, 4) is 11.5 Å². The number of carbonyl (C=O) groups is 2. The normalized spacial score (nSPS) is 18.3. The third-order valence-corrected chi connectivity index (χ3v) is 5.09. The average molecular weight is 410 g/mol. The molecule has 2 N–H and O–H groups in total. The van der Waals surface area contributed by atoms with Gasteiger partial charge in [-0.15, -0.1) is 0 Å². The Morgan fingerprint density at radius 2 is 1.83 bits per heavy atom. The molecule has 0 bridgehead atoms. The Labute approximate surface area is 175 Å². The number of phenolic OH excluding ortho intramolecular Hbond substituents is 1. The molecule has 0 radical (unpaired) electrons. The predicted molar refractivity (Wildman–Crippen MR) is 113 cm³/mol. The van der Waals surface area contributed by atoms with Crippen molar-refractivity contribution in [2.75, 3.05) is 34.3 Å². The monoisotopic (exact) mass is 410 g/mol. The fraction of sp³-hybridized carbons (Fsp3) is 0.304. The molecule has 0 spiro atoms. The van der Waals surface area contributed by atoms with E-state index < -0.39 is 17.7 Å². The summed E-state index contributed by atoms with van der Waals surface area (Å²) in [5.74, 6) is -1.01. The fourth-order valence-corrected chi connectivity index (χ4v) is 3.61. The SMILES string of the molecule is COc1ccc(/C(O)=C2\C(=O)C(=O)N(CCCN(C)C)C2c2cccc(O)c2)cc1. The molecule has 158 valence electrons. The van der Waals surface area contributed by atoms with Crippen LogP contribution < -0.4 is 4.74 Å². The molecule has 2 aromatic carbocycles. The van der Waals surface area contributed by atoms with Gasteiger partial charge < -0.3 is 24.7 Å². The van der Waals surface area contributed by atoms with Gasteiger partial charge in [0.05, 0.1) is 18.7 Å². The van der Waals surface area contributed by atoms with Crippen LogP contribution in [-0.4, -0.2) is 66.0 Å². The van der Waals surface area contributed by atoms with Crippen molar-refractivity contribution in [2.45, 2.75) is 12.5 Å². The van der Waals surface area contributed by atoms with Gasteiger partial charge in [0.15, 0.2) is 0 Å². The lowest BCUT2D eigenvalue weighted by Crippen LogP contribution is -2.32. The molecule has 0 aromatic heterocycles. The minimum Gasteiger partial charge on any atom is -0.508 e. The Bertz CT molecular complexity index is 966. The molecule has 1 heterocycles. The number of nitrogens with zero attached hydrogens (tertiary/aromatic N) is 2. The van der Waals surface area contributed by atoms with Gasteiger partial charge in [-0.1, -0.05) is 12.1 Å². The lowest BCUT2D eigenvalue weighted by Gasteiger charge is -2.26. The molecule has 30 heavy (non-hydrogen) atoms. The Morgan fingerprint density at radius 1 is 1.13 bits per heavy atom. The number of aliphatic hydroxyl groups is 1. The molecule has 1 unspecified atom stereocenters. The van der Waals surface area contributed by atoms with Crippen LogP contribution in [-0.2, 0) is 9.59 Å². The molecule has 0 saturated carbocycles. The van der Waals surface area contributed by atoms with Gasteiger partial charge in [0.25, 0.3) is 11.7 Å². The number of likely N-dealkylation sites (tertiary alicyclic amines) is 1. The van der Waals surface area contributed by atoms with E-state index in [1.807, 2.05) is 19.0 Å². The van der Waals surface area contributed by atoms with Crippen molar-refractivity contribution in [1.29, 1.82) is 0 Å². The summed E-state index contributed by atoms with van der Waals surface area (Å²) >= 11 is 0. The minimum atomic E-state index is -0.777. The second-order valence-corrected chi connectivity index (χ2v) is 7.47. The van der Waals surface area contributed by atoms with Gasteiger partial charge in [-0.2, -0.15) is 0 Å². The van der Waals surface area contributed by atoms with E-state index in [9.17, 15) is 19.8 Å². The lowest BCUT2D eigenvalue weighted by molar-refractivity contribution is -0.139. The lowest BCUT2D eigenvalue weighted by atomic mass is 9.95. The summed E-state index contributed by atoms with van der Waals surface area (Å²) in [5.41, 5.74) is 0.988. The maximum absolute atomic E-state index is 12.9. The molecular formula is C23H26N2O5. The molecular weight excluding hydrogens is 384 g/mol.